The lowest BCUT2D eigenvalue weighted by molar-refractivity contribution is -0.144. The third-order valence-electron chi connectivity index (χ3n) is 3.03. The maximum Gasteiger partial charge on any atom is 0.433 e. The van der Waals surface area contributed by atoms with Gasteiger partial charge in [0, 0.05) is 20.3 Å². The molecular formula is C13H15F3N6O2. The normalized spacial score (nSPS) is 11.4. The Morgan fingerprint density at radius 2 is 1.96 bits per heavy atom. The van der Waals surface area contributed by atoms with E-state index in [4.69, 9.17) is 0 Å². The molecule has 0 aliphatic rings. The van der Waals surface area contributed by atoms with Crippen molar-refractivity contribution in [1.29, 1.82) is 0 Å². The van der Waals surface area contributed by atoms with Gasteiger partial charge in [0.25, 0.3) is 5.91 Å². The number of hydrogen-bond acceptors (Lipinski definition) is 4. The Labute approximate surface area is 134 Å². The lowest BCUT2D eigenvalue weighted by Gasteiger charge is -2.10. The molecular weight excluding hydrogens is 329 g/mol. The van der Waals surface area contributed by atoms with Gasteiger partial charge in [-0.25, -0.2) is 0 Å². The number of halogens is 3. The molecule has 0 saturated heterocycles. The highest BCUT2D eigenvalue weighted by Gasteiger charge is 2.35. The van der Waals surface area contributed by atoms with Gasteiger partial charge in [0.05, 0.1) is 11.4 Å². The fourth-order valence-electron chi connectivity index (χ4n) is 2.09. The largest absolute Gasteiger partial charge is 0.433 e. The lowest BCUT2D eigenvalue weighted by Crippen LogP contribution is -2.25. The van der Waals surface area contributed by atoms with E-state index in [1.807, 2.05) is 0 Å². The van der Waals surface area contributed by atoms with Gasteiger partial charge in [-0.15, -0.1) is 0 Å². The number of carbonyl (C=O) groups is 2. The number of hydrogen-bond donors (Lipinski definition) is 2. The van der Waals surface area contributed by atoms with E-state index in [1.165, 1.54) is 24.9 Å². The summed E-state index contributed by atoms with van der Waals surface area (Å²) >= 11 is 0. The summed E-state index contributed by atoms with van der Waals surface area (Å²) in [6, 6.07) is 0.854. The Bertz CT molecular complexity index is 777. The van der Waals surface area contributed by atoms with Crippen molar-refractivity contribution in [2.75, 3.05) is 12.4 Å². The number of carbonyl (C=O) groups excluding carboxylic acids is 2. The van der Waals surface area contributed by atoms with Crippen molar-refractivity contribution in [3.63, 3.8) is 0 Å². The molecule has 8 nitrogen and oxygen atoms in total. The second kappa shape index (κ2) is 6.34. The van der Waals surface area contributed by atoms with Crippen molar-refractivity contribution >= 4 is 17.5 Å². The molecule has 0 fully saturated rings. The standard InChI is InChI=1S/C13H15F3N6O2/c1-7-4-9(13(14,15)16)22(19-7)6-10(23)18-8-5-21(3)20-11(8)12(24)17-2/h4-5H,6H2,1-3H3,(H,17,24)(H,18,23). The first kappa shape index (κ1) is 17.5. The number of amides is 2. The van der Waals surface area contributed by atoms with E-state index in [0.29, 0.717) is 4.68 Å². The minimum Gasteiger partial charge on any atom is -0.354 e. The molecule has 0 bridgehead atoms. The van der Waals surface area contributed by atoms with E-state index < -0.39 is 30.2 Å². The van der Waals surface area contributed by atoms with Crippen LogP contribution in [0.25, 0.3) is 0 Å². The van der Waals surface area contributed by atoms with E-state index in [-0.39, 0.29) is 17.1 Å². The molecule has 0 radical (unpaired) electrons. The van der Waals surface area contributed by atoms with E-state index in [9.17, 15) is 22.8 Å². The van der Waals surface area contributed by atoms with Gasteiger partial charge in [-0.05, 0) is 13.0 Å². The first-order valence-corrected chi connectivity index (χ1v) is 6.79. The fourth-order valence-corrected chi connectivity index (χ4v) is 2.09. The average molecular weight is 344 g/mol. The smallest absolute Gasteiger partial charge is 0.354 e. The van der Waals surface area contributed by atoms with Crippen LogP contribution in [-0.2, 0) is 24.6 Å². The highest BCUT2D eigenvalue weighted by molar-refractivity contribution is 6.02. The number of rotatable bonds is 4. The Kier molecular flexibility index (Phi) is 4.62. The summed E-state index contributed by atoms with van der Waals surface area (Å²) in [6.07, 6.45) is -3.25. The Hall–Kier alpha value is -2.85. The molecule has 0 aliphatic carbocycles. The first-order valence-electron chi connectivity index (χ1n) is 6.79. The topological polar surface area (TPSA) is 93.8 Å². The van der Waals surface area contributed by atoms with Crippen molar-refractivity contribution in [2.45, 2.75) is 19.6 Å². The summed E-state index contributed by atoms with van der Waals surface area (Å²) in [5, 5.41) is 12.3. The second-order valence-electron chi connectivity index (χ2n) is 5.02. The summed E-state index contributed by atoms with van der Waals surface area (Å²) in [5.41, 5.74) is -0.823. The van der Waals surface area contributed by atoms with E-state index in [1.54, 1.807) is 7.05 Å². The minimum atomic E-state index is -4.62. The number of alkyl halides is 3. The van der Waals surface area contributed by atoms with Crippen LogP contribution < -0.4 is 10.6 Å². The zero-order valence-electron chi connectivity index (χ0n) is 13.1. The van der Waals surface area contributed by atoms with Gasteiger partial charge in [-0.2, -0.15) is 23.4 Å². The van der Waals surface area contributed by atoms with Crippen molar-refractivity contribution < 1.29 is 22.8 Å². The van der Waals surface area contributed by atoms with Crippen LogP contribution in [0, 0.1) is 6.92 Å². The zero-order chi connectivity index (χ0) is 18.1. The van der Waals surface area contributed by atoms with Crippen LogP contribution in [0.1, 0.15) is 21.9 Å². The van der Waals surface area contributed by atoms with Crippen molar-refractivity contribution in [1.82, 2.24) is 24.9 Å². The molecule has 2 rings (SSSR count). The van der Waals surface area contributed by atoms with Gasteiger partial charge < -0.3 is 10.6 Å². The van der Waals surface area contributed by atoms with Crippen molar-refractivity contribution in [2.24, 2.45) is 7.05 Å². The maximum absolute atomic E-state index is 12.9. The van der Waals surface area contributed by atoms with Crippen LogP contribution in [0.3, 0.4) is 0 Å². The van der Waals surface area contributed by atoms with Gasteiger partial charge in [-0.3, -0.25) is 19.0 Å². The molecule has 2 aromatic rings. The molecule has 0 spiro atoms. The number of aromatic nitrogens is 4. The van der Waals surface area contributed by atoms with Crippen LogP contribution in [0.15, 0.2) is 12.3 Å². The molecule has 2 heterocycles. The molecule has 2 amide bonds. The third-order valence-corrected chi connectivity index (χ3v) is 3.03. The highest BCUT2D eigenvalue weighted by Crippen LogP contribution is 2.29. The summed E-state index contributed by atoms with van der Waals surface area (Å²) in [4.78, 5) is 23.7. The van der Waals surface area contributed by atoms with Gasteiger partial charge in [0.15, 0.2) is 5.69 Å². The third kappa shape index (κ3) is 3.73. The number of aryl methyl sites for hydroxylation is 2. The molecule has 11 heteroatoms. The van der Waals surface area contributed by atoms with Gasteiger partial charge in [0.2, 0.25) is 5.91 Å². The predicted molar refractivity (Wildman–Crippen MR) is 77.2 cm³/mol. The van der Waals surface area contributed by atoms with Gasteiger partial charge in [0.1, 0.15) is 12.2 Å². The molecule has 2 aromatic heterocycles. The molecule has 2 N–H and O–H groups in total. The van der Waals surface area contributed by atoms with Crippen LogP contribution in [0.2, 0.25) is 0 Å². The molecule has 0 atom stereocenters. The number of anilines is 1. The second-order valence-corrected chi connectivity index (χ2v) is 5.02. The summed E-state index contributed by atoms with van der Waals surface area (Å²) in [6.45, 7) is 0.749. The fraction of sp³-hybridized carbons (Fsp3) is 0.385. The monoisotopic (exact) mass is 344 g/mol. The van der Waals surface area contributed by atoms with Crippen molar-refractivity contribution in [3.05, 3.63) is 29.3 Å². The van der Waals surface area contributed by atoms with Crippen LogP contribution in [0.4, 0.5) is 18.9 Å². The first-order chi connectivity index (χ1) is 11.1. The van der Waals surface area contributed by atoms with Crippen molar-refractivity contribution in [3.8, 4) is 0 Å². The zero-order valence-corrected chi connectivity index (χ0v) is 13.1. The Morgan fingerprint density at radius 1 is 1.29 bits per heavy atom. The lowest BCUT2D eigenvalue weighted by atomic mass is 10.3. The van der Waals surface area contributed by atoms with Crippen LogP contribution in [-0.4, -0.2) is 38.4 Å². The van der Waals surface area contributed by atoms with Gasteiger partial charge >= 0.3 is 6.18 Å². The molecule has 24 heavy (non-hydrogen) atoms. The highest BCUT2D eigenvalue weighted by atomic mass is 19.4. The maximum atomic E-state index is 12.9. The molecule has 0 saturated carbocycles. The summed E-state index contributed by atoms with van der Waals surface area (Å²) in [5.74, 6) is -1.29. The summed E-state index contributed by atoms with van der Waals surface area (Å²) < 4.78 is 40.6. The quantitative estimate of drug-likeness (QED) is 0.863. The van der Waals surface area contributed by atoms with E-state index in [2.05, 4.69) is 20.8 Å². The van der Waals surface area contributed by atoms with Crippen LogP contribution in [0.5, 0.6) is 0 Å². The predicted octanol–water partition coefficient (Wildman–Crippen LogP) is 0.942. The van der Waals surface area contributed by atoms with Gasteiger partial charge in [-0.1, -0.05) is 0 Å². The Morgan fingerprint density at radius 3 is 2.54 bits per heavy atom. The SMILES string of the molecule is CNC(=O)c1nn(C)cc1NC(=O)Cn1nc(C)cc1C(F)(F)F. The van der Waals surface area contributed by atoms with E-state index in [0.717, 1.165) is 6.07 Å². The molecule has 0 aliphatic heterocycles. The molecule has 0 aromatic carbocycles. The minimum absolute atomic E-state index is 0.0407. The van der Waals surface area contributed by atoms with Crippen LogP contribution >= 0.6 is 0 Å². The number of nitrogens with one attached hydrogen (secondary N) is 2. The molecule has 130 valence electrons. The Balaban J connectivity index is 2.20. The molecule has 0 unspecified atom stereocenters. The summed E-state index contributed by atoms with van der Waals surface area (Å²) in [7, 11) is 2.94. The number of nitrogens with zero attached hydrogens (tertiary/aromatic N) is 4. The average Bonchev–Trinajstić information content (AvgIpc) is 3.00. The van der Waals surface area contributed by atoms with E-state index >= 15 is 0 Å².